The van der Waals surface area contributed by atoms with Crippen LogP contribution < -0.4 is 0 Å². The number of aliphatic hydroxyl groups excluding tert-OH is 1. The quantitative estimate of drug-likeness (QED) is 0.786. The molecule has 0 saturated heterocycles. The molecule has 0 amide bonds. The first-order valence-corrected chi connectivity index (χ1v) is 9.80. The highest BCUT2D eigenvalue weighted by molar-refractivity contribution is 5.93. The first-order valence-electron chi connectivity index (χ1n) is 9.80. The van der Waals surface area contributed by atoms with Crippen LogP contribution in [-0.4, -0.2) is 39.8 Å². The number of ketones is 3. The average molecular weight is 360 g/mol. The Kier molecular flexibility index (Phi) is 3.88. The van der Waals surface area contributed by atoms with Crippen LogP contribution in [0.15, 0.2) is 11.6 Å². The van der Waals surface area contributed by atoms with Crippen molar-refractivity contribution in [2.45, 2.75) is 64.4 Å². The molecule has 4 aliphatic carbocycles. The van der Waals surface area contributed by atoms with Crippen LogP contribution >= 0.6 is 0 Å². The lowest BCUT2D eigenvalue weighted by Crippen LogP contribution is -2.64. The van der Waals surface area contributed by atoms with Crippen LogP contribution in [0.5, 0.6) is 0 Å². The van der Waals surface area contributed by atoms with E-state index in [1.165, 1.54) is 0 Å². The van der Waals surface area contributed by atoms with Crippen molar-refractivity contribution in [3.05, 3.63) is 11.6 Å². The van der Waals surface area contributed by atoms with E-state index in [2.05, 4.69) is 6.92 Å². The molecule has 3 fully saturated rings. The van der Waals surface area contributed by atoms with Crippen molar-refractivity contribution in [2.75, 3.05) is 6.61 Å². The van der Waals surface area contributed by atoms with Crippen LogP contribution in [0.1, 0.15) is 58.8 Å². The van der Waals surface area contributed by atoms with Crippen molar-refractivity contribution in [2.24, 2.45) is 28.6 Å². The van der Waals surface area contributed by atoms with E-state index < -0.39 is 23.5 Å². The number of Topliss-reactive ketones (excluding diaryl/α,β-unsaturated/α-hetero) is 2. The van der Waals surface area contributed by atoms with Crippen molar-refractivity contribution < 1.29 is 24.6 Å². The molecule has 0 aromatic carbocycles. The van der Waals surface area contributed by atoms with E-state index >= 15 is 0 Å². The van der Waals surface area contributed by atoms with Crippen LogP contribution in [-0.2, 0) is 14.4 Å². The highest BCUT2D eigenvalue weighted by Crippen LogP contribution is 2.67. The predicted octanol–water partition coefficient (Wildman–Crippen LogP) is 1.99. The molecule has 26 heavy (non-hydrogen) atoms. The lowest BCUT2D eigenvalue weighted by atomic mass is 9.44. The normalized spacial score (nSPS) is 47.7. The molecular weight excluding hydrogens is 332 g/mol. The summed E-state index contributed by atoms with van der Waals surface area (Å²) in [5.41, 5.74) is -1.15. The largest absolute Gasteiger partial charge is 0.389 e. The smallest absolute Gasteiger partial charge is 0.161 e. The van der Waals surface area contributed by atoms with E-state index in [0.29, 0.717) is 32.1 Å². The number of carbonyl (C=O) groups is 3. The third-order valence-electron chi connectivity index (χ3n) is 8.39. The fourth-order valence-corrected chi connectivity index (χ4v) is 6.96. The Bertz CT molecular complexity index is 724. The van der Waals surface area contributed by atoms with Crippen molar-refractivity contribution in [1.29, 1.82) is 0 Å². The van der Waals surface area contributed by atoms with E-state index in [1.807, 2.05) is 6.92 Å². The SMILES string of the molecule is C[C@]12CCC(=O)C=C1CC[C@@H]1[C@@H]2C(=O)C[C@]2(C)[C@@H](C(=O)CO)CC[C@@]12O. The van der Waals surface area contributed by atoms with Crippen LogP contribution in [0.2, 0.25) is 0 Å². The molecule has 3 saturated carbocycles. The maximum atomic E-state index is 13.3. The summed E-state index contributed by atoms with van der Waals surface area (Å²) in [4.78, 5) is 37.5. The van der Waals surface area contributed by atoms with E-state index in [9.17, 15) is 24.6 Å². The number of fused-ring (bicyclic) bond motifs is 5. The zero-order chi connectivity index (χ0) is 18.9. The van der Waals surface area contributed by atoms with Gasteiger partial charge in [-0.15, -0.1) is 0 Å². The van der Waals surface area contributed by atoms with Crippen molar-refractivity contribution in [3.8, 4) is 0 Å². The zero-order valence-electron chi connectivity index (χ0n) is 15.6. The predicted molar refractivity (Wildman–Crippen MR) is 94.1 cm³/mol. The molecule has 2 N–H and O–H groups in total. The second-order valence-corrected chi connectivity index (χ2v) is 9.38. The molecule has 4 aliphatic rings. The summed E-state index contributed by atoms with van der Waals surface area (Å²) in [6.07, 6.45) is 5.47. The van der Waals surface area contributed by atoms with Gasteiger partial charge < -0.3 is 10.2 Å². The lowest BCUT2D eigenvalue weighted by Gasteiger charge is -2.60. The minimum absolute atomic E-state index is 0.113. The molecule has 142 valence electrons. The molecule has 0 heterocycles. The summed E-state index contributed by atoms with van der Waals surface area (Å²) in [5, 5.41) is 21.1. The standard InChI is InChI=1S/C21H28O5/c1-19-7-5-13(23)9-12(19)3-4-15-18(19)16(24)10-20(2)14(17(25)11-22)6-8-21(15,20)26/h9,14-15,18,22,26H,3-8,10-11H2,1-2H3/t14-,15-,18-,19+,20-,21-/m1/s1. The van der Waals surface area contributed by atoms with E-state index in [0.717, 1.165) is 12.0 Å². The van der Waals surface area contributed by atoms with Crippen LogP contribution in [0.25, 0.3) is 0 Å². The lowest BCUT2D eigenvalue weighted by molar-refractivity contribution is -0.190. The summed E-state index contributed by atoms with van der Waals surface area (Å²) in [6, 6.07) is 0. The molecule has 0 aromatic rings. The van der Waals surface area contributed by atoms with Gasteiger partial charge >= 0.3 is 0 Å². The number of carbonyl (C=O) groups excluding carboxylic acids is 3. The minimum atomic E-state index is -1.06. The summed E-state index contributed by atoms with van der Waals surface area (Å²) in [6.45, 7) is 3.41. The van der Waals surface area contributed by atoms with Gasteiger partial charge in [0.05, 0.1) is 5.60 Å². The molecule has 0 aromatic heterocycles. The second kappa shape index (κ2) is 5.59. The molecule has 0 spiro atoms. The molecule has 0 radical (unpaired) electrons. The Morgan fingerprint density at radius 1 is 1.19 bits per heavy atom. The fourth-order valence-electron chi connectivity index (χ4n) is 6.96. The van der Waals surface area contributed by atoms with E-state index in [1.54, 1.807) is 6.08 Å². The van der Waals surface area contributed by atoms with Gasteiger partial charge in [0.2, 0.25) is 0 Å². The van der Waals surface area contributed by atoms with Gasteiger partial charge in [-0.25, -0.2) is 0 Å². The Morgan fingerprint density at radius 2 is 1.92 bits per heavy atom. The first-order chi connectivity index (χ1) is 12.2. The number of allylic oxidation sites excluding steroid dienone is 1. The van der Waals surface area contributed by atoms with Crippen LogP contribution in [0, 0.1) is 28.6 Å². The van der Waals surface area contributed by atoms with Crippen molar-refractivity contribution in [1.82, 2.24) is 0 Å². The van der Waals surface area contributed by atoms with Gasteiger partial charge in [0.1, 0.15) is 12.4 Å². The summed E-state index contributed by atoms with van der Waals surface area (Å²) in [5.74, 6) is -0.933. The molecule has 5 nitrogen and oxygen atoms in total. The number of hydrogen-bond acceptors (Lipinski definition) is 5. The molecule has 0 bridgehead atoms. The van der Waals surface area contributed by atoms with Gasteiger partial charge in [-0.2, -0.15) is 0 Å². The highest BCUT2D eigenvalue weighted by Gasteiger charge is 2.69. The van der Waals surface area contributed by atoms with Crippen LogP contribution in [0.4, 0.5) is 0 Å². The molecule has 0 unspecified atom stereocenters. The van der Waals surface area contributed by atoms with E-state index in [4.69, 9.17) is 0 Å². The Hall–Kier alpha value is -1.33. The van der Waals surface area contributed by atoms with Gasteiger partial charge in [0.15, 0.2) is 11.6 Å². The summed E-state index contributed by atoms with van der Waals surface area (Å²) >= 11 is 0. The van der Waals surface area contributed by atoms with Crippen LogP contribution in [0.3, 0.4) is 0 Å². The maximum Gasteiger partial charge on any atom is 0.161 e. The monoisotopic (exact) mass is 360 g/mol. The maximum absolute atomic E-state index is 13.3. The van der Waals surface area contributed by atoms with Gasteiger partial charge in [-0.3, -0.25) is 14.4 Å². The van der Waals surface area contributed by atoms with Gasteiger partial charge in [-0.1, -0.05) is 19.4 Å². The third kappa shape index (κ3) is 2.07. The summed E-state index contributed by atoms with van der Waals surface area (Å²) < 4.78 is 0. The van der Waals surface area contributed by atoms with Crippen molar-refractivity contribution >= 4 is 17.3 Å². The number of aliphatic hydroxyl groups is 2. The summed E-state index contributed by atoms with van der Waals surface area (Å²) in [7, 11) is 0. The second-order valence-electron chi connectivity index (χ2n) is 9.38. The van der Waals surface area contributed by atoms with Crippen molar-refractivity contribution in [3.63, 3.8) is 0 Å². The molecule has 4 rings (SSSR count). The Labute approximate surface area is 153 Å². The average Bonchev–Trinajstić information content (AvgIpc) is 2.86. The molecular formula is C21H28O5. The van der Waals surface area contributed by atoms with Gasteiger partial charge in [0.25, 0.3) is 0 Å². The Morgan fingerprint density at radius 3 is 2.62 bits per heavy atom. The molecule has 0 aliphatic heterocycles. The fraction of sp³-hybridized carbons (Fsp3) is 0.762. The minimum Gasteiger partial charge on any atom is -0.389 e. The van der Waals surface area contributed by atoms with Gasteiger partial charge in [-0.05, 0) is 49.5 Å². The topological polar surface area (TPSA) is 91.7 Å². The number of hydrogen-bond donors (Lipinski definition) is 2. The highest BCUT2D eigenvalue weighted by atomic mass is 16.3. The third-order valence-corrected chi connectivity index (χ3v) is 8.39. The number of rotatable bonds is 2. The first kappa shape index (κ1) is 18.1. The molecule has 6 atom stereocenters. The Balaban J connectivity index is 1.77. The molecule has 5 heteroatoms. The zero-order valence-corrected chi connectivity index (χ0v) is 15.6. The van der Waals surface area contributed by atoms with Gasteiger partial charge in [0, 0.05) is 30.1 Å². The van der Waals surface area contributed by atoms with E-state index in [-0.39, 0.29) is 41.0 Å².